The van der Waals surface area contributed by atoms with E-state index in [1.165, 1.54) is 25.9 Å². The predicted molar refractivity (Wildman–Crippen MR) is 91.8 cm³/mol. The molecule has 5 nitrogen and oxygen atoms in total. The second kappa shape index (κ2) is 8.54. The van der Waals surface area contributed by atoms with E-state index in [0.717, 1.165) is 42.2 Å². The summed E-state index contributed by atoms with van der Waals surface area (Å²) < 4.78 is 0.923. The third kappa shape index (κ3) is 5.11. The third-order valence-corrected chi connectivity index (χ3v) is 4.47. The molecule has 1 aliphatic rings. The Kier molecular flexibility index (Phi) is 6.70. The lowest BCUT2D eigenvalue weighted by atomic mass is 10.1. The minimum atomic E-state index is 0.608. The molecule has 2 N–H and O–H groups in total. The Morgan fingerprint density at radius 1 is 1.24 bits per heavy atom. The molecule has 1 atom stereocenters. The van der Waals surface area contributed by atoms with Gasteiger partial charge in [-0.2, -0.15) is 0 Å². The van der Waals surface area contributed by atoms with Gasteiger partial charge >= 0.3 is 0 Å². The van der Waals surface area contributed by atoms with Crippen molar-refractivity contribution < 1.29 is 0 Å². The molecule has 1 aliphatic heterocycles. The highest BCUT2D eigenvalue weighted by Crippen LogP contribution is 2.26. The first-order chi connectivity index (χ1) is 10.2. The molecule has 118 valence electrons. The second-order valence-electron chi connectivity index (χ2n) is 5.81. The van der Waals surface area contributed by atoms with Gasteiger partial charge in [-0.1, -0.05) is 13.8 Å². The van der Waals surface area contributed by atoms with Gasteiger partial charge in [0.05, 0.1) is 0 Å². The van der Waals surface area contributed by atoms with Crippen molar-refractivity contribution in [3.05, 3.63) is 10.8 Å². The van der Waals surface area contributed by atoms with Gasteiger partial charge < -0.3 is 15.5 Å². The minimum Gasteiger partial charge on any atom is -0.369 e. The van der Waals surface area contributed by atoms with Crippen LogP contribution in [0.4, 0.5) is 11.6 Å². The van der Waals surface area contributed by atoms with Crippen molar-refractivity contribution >= 4 is 27.6 Å². The molecule has 2 rings (SSSR count). The summed E-state index contributed by atoms with van der Waals surface area (Å²) >= 11 is 3.59. The number of nitrogens with zero attached hydrogens (tertiary/aromatic N) is 3. The summed E-state index contributed by atoms with van der Waals surface area (Å²) in [5.41, 5.74) is 0. The van der Waals surface area contributed by atoms with Gasteiger partial charge in [0.25, 0.3) is 0 Å². The number of rotatable bonds is 8. The molecule has 1 fully saturated rings. The van der Waals surface area contributed by atoms with E-state index in [9.17, 15) is 0 Å². The highest BCUT2D eigenvalue weighted by Gasteiger charge is 2.15. The first kappa shape index (κ1) is 16.5. The van der Waals surface area contributed by atoms with Crippen LogP contribution in [0.1, 0.15) is 33.1 Å². The van der Waals surface area contributed by atoms with Crippen molar-refractivity contribution in [2.24, 2.45) is 5.92 Å². The van der Waals surface area contributed by atoms with Crippen molar-refractivity contribution in [1.29, 1.82) is 0 Å². The Morgan fingerprint density at radius 2 is 1.90 bits per heavy atom. The van der Waals surface area contributed by atoms with E-state index in [2.05, 4.69) is 55.3 Å². The fourth-order valence-electron chi connectivity index (χ4n) is 2.60. The average molecular weight is 356 g/mol. The molecule has 0 saturated carbocycles. The zero-order valence-electron chi connectivity index (χ0n) is 13.0. The van der Waals surface area contributed by atoms with E-state index in [0.29, 0.717) is 5.92 Å². The van der Waals surface area contributed by atoms with Gasteiger partial charge in [-0.15, -0.1) is 0 Å². The van der Waals surface area contributed by atoms with Gasteiger partial charge in [-0.05, 0) is 54.2 Å². The Hall–Kier alpha value is -0.880. The molecule has 1 saturated heterocycles. The van der Waals surface area contributed by atoms with E-state index >= 15 is 0 Å². The summed E-state index contributed by atoms with van der Waals surface area (Å²) in [4.78, 5) is 11.1. The third-order valence-electron chi connectivity index (χ3n) is 3.72. The normalized spacial score (nSPS) is 16.9. The van der Waals surface area contributed by atoms with E-state index in [4.69, 9.17) is 0 Å². The fourth-order valence-corrected chi connectivity index (χ4v) is 3.09. The van der Waals surface area contributed by atoms with Gasteiger partial charge in [0.2, 0.25) is 0 Å². The topological polar surface area (TPSA) is 53.1 Å². The quantitative estimate of drug-likeness (QED) is 0.749. The monoisotopic (exact) mass is 355 g/mol. The number of anilines is 2. The Morgan fingerprint density at radius 3 is 2.57 bits per heavy atom. The summed E-state index contributed by atoms with van der Waals surface area (Å²) in [6.45, 7) is 9.95. The van der Waals surface area contributed by atoms with Crippen LogP contribution in [-0.4, -0.2) is 47.6 Å². The number of aromatic nitrogens is 2. The van der Waals surface area contributed by atoms with Crippen molar-refractivity contribution in [2.75, 3.05) is 43.4 Å². The van der Waals surface area contributed by atoms with E-state index in [-0.39, 0.29) is 0 Å². The maximum Gasteiger partial charge on any atom is 0.145 e. The SMILES string of the molecule is CCCNc1ncnc(NCC(C)CN2CCCC2)c1Br. The summed E-state index contributed by atoms with van der Waals surface area (Å²) in [5, 5.41) is 6.74. The van der Waals surface area contributed by atoms with Crippen molar-refractivity contribution in [3.8, 4) is 0 Å². The molecule has 1 aromatic rings. The molecule has 1 aromatic heterocycles. The molecular formula is C15H26BrN5. The van der Waals surface area contributed by atoms with Crippen LogP contribution in [0, 0.1) is 5.92 Å². The number of hydrogen-bond acceptors (Lipinski definition) is 5. The van der Waals surface area contributed by atoms with Crippen molar-refractivity contribution in [3.63, 3.8) is 0 Å². The zero-order valence-corrected chi connectivity index (χ0v) is 14.6. The maximum absolute atomic E-state index is 4.33. The van der Waals surface area contributed by atoms with Crippen LogP contribution in [0.2, 0.25) is 0 Å². The van der Waals surface area contributed by atoms with Crippen molar-refractivity contribution in [1.82, 2.24) is 14.9 Å². The van der Waals surface area contributed by atoms with E-state index in [1.807, 2.05) is 0 Å². The second-order valence-corrected chi connectivity index (χ2v) is 6.60. The summed E-state index contributed by atoms with van der Waals surface area (Å²) in [7, 11) is 0. The number of likely N-dealkylation sites (tertiary alicyclic amines) is 1. The van der Waals surface area contributed by atoms with Gasteiger partial charge in [0.15, 0.2) is 0 Å². The largest absolute Gasteiger partial charge is 0.369 e. The first-order valence-electron chi connectivity index (χ1n) is 7.91. The van der Waals surface area contributed by atoms with Crippen LogP contribution in [0.25, 0.3) is 0 Å². The molecule has 0 amide bonds. The fraction of sp³-hybridized carbons (Fsp3) is 0.733. The predicted octanol–water partition coefficient (Wildman–Crippen LogP) is 3.20. The van der Waals surface area contributed by atoms with Crippen LogP contribution in [0.3, 0.4) is 0 Å². The Labute approximate surface area is 136 Å². The smallest absolute Gasteiger partial charge is 0.145 e. The van der Waals surface area contributed by atoms with E-state index < -0.39 is 0 Å². The molecule has 0 aliphatic carbocycles. The highest BCUT2D eigenvalue weighted by molar-refractivity contribution is 9.10. The van der Waals surface area contributed by atoms with Gasteiger partial charge in [-0.3, -0.25) is 0 Å². The average Bonchev–Trinajstić information content (AvgIpc) is 2.98. The molecule has 0 aromatic carbocycles. The number of hydrogen-bond donors (Lipinski definition) is 2. The zero-order chi connectivity index (χ0) is 15.1. The van der Waals surface area contributed by atoms with Crippen LogP contribution < -0.4 is 10.6 Å². The van der Waals surface area contributed by atoms with Crippen LogP contribution in [0.5, 0.6) is 0 Å². The number of halogens is 1. The molecule has 0 radical (unpaired) electrons. The van der Waals surface area contributed by atoms with Crippen LogP contribution in [0.15, 0.2) is 10.8 Å². The van der Waals surface area contributed by atoms with Crippen molar-refractivity contribution in [2.45, 2.75) is 33.1 Å². The van der Waals surface area contributed by atoms with Gasteiger partial charge in [-0.25, -0.2) is 9.97 Å². The lowest BCUT2D eigenvalue weighted by Crippen LogP contribution is -2.29. The summed E-state index contributed by atoms with van der Waals surface area (Å²) in [6, 6.07) is 0. The van der Waals surface area contributed by atoms with E-state index in [1.54, 1.807) is 6.33 Å². The molecule has 0 spiro atoms. The maximum atomic E-state index is 4.33. The summed E-state index contributed by atoms with van der Waals surface area (Å²) in [5.74, 6) is 2.34. The lowest BCUT2D eigenvalue weighted by Gasteiger charge is -2.21. The van der Waals surface area contributed by atoms with Gasteiger partial charge in [0, 0.05) is 19.6 Å². The minimum absolute atomic E-state index is 0.608. The molecule has 21 heavy (non-hydrogen) atoms. The molecule has 1 unspecified atom stereocenters. The number of nitrogens with one attached hydrogen (secondary N) is 2. The molecule has 6 heteroatoms. The highest BCUT2D eigenvalue weighted by atomic mass is 79.9. The summed E-state index contributed by atoms with van der Waals surface area (Å²) in [6.07, 6.45) is 5.39. The van der Waals surface area contributed by atoms with Crippen LogP contribution >= 0.6 is 15.9 Å². The standard InChI is InChI=1S/C15H26BrN5/c1-3-6-17-14-13(16)15(20-11-19-14)18-9-12(2)10-21-7-4-5-8-21/h11-12H,3-10H2,1-2H3,(H2,17,18,19,20). The Balaban J connectivity index is 1.84. The lowest BCUT2D eigenvalue weighted by molar-refractivity contribution is 0.294. The Bertz CT molecular complexity index is 434. The molecule has 2 heterocycles. The molecular weight excluding hydrogens is 330 g/mol. The molecule has 0 bridgehead atoms. The van der Waals surface area contributed by atoms with Crippen LogP contribution in [-0.2, 0) is 0 Å². The first-order valence-corrected chi connectivity index (χ1v) is 8.70. The van der Waals surface area contributed by atoms with Gasteiger partial charge in [0.1, 0.15) is 22.4 Å².